The van der Waals surface area contributed by atoms with E-state index in [2.05, 4.69) is 20.4 Å². The van der Waals surface area contributed by atoms with Gasteiger partial charge in [0.2, 0.25) is 5.43 Å². The first-order valence-electron chi connectivity index (χ1n) is 13.4. The molecule has 1 aromatic heterocycles. The number of carbonyl (C=O) groups excluding carboxylic acids is 1. The molecule has 2 aromatic carbocycles. The van der Waals surface area contributed by atoms with E-state index in [4.69, 9.17) is 21.1 Å². The molecule has 0 bridgehead atoms. The van der Waals surface area contributed by atoms with Crippen LogP contribution in [0, 0.1) is 5.82 Å². The zero-order chi connectivity index (χ0) is 26.9. The van der Waals surface area contributed by atoms with Crippen LogP contribution in [0.3, 0.4) is 0 Å². The highest BCUT2D eigenvalue weighted by Gasteiger charge is 2.29. The molecule has 3 aliphatic rings. The van der Waals surface area contributed by atoms with Crippen molar-refractivity contribution in [2.24, 2.45) is 0 Å². The van der Waals surface area contributed by atoms with Gasteiger partial charge < -0.3 is 29.6 Å². The number of halogens is 2. The van der Waals surface area contributed by atoms with Crippen molar-refractivity contribution < 1.29 is 18.7 Å². The fourth-order valence-electron chi connectivity index (χ4n) is 5.51. The number of pyridine rings is 1. The molecule has 0 unspecified atom stereocenters. The van der Waals surface area contributed by atoms with Crippen LogP contribution in [0.15, 0.2) is 35.3 Å². The molecule has 1 amide bonds. The van der Waals surface area contributed by atoms with Crippen molar-refractivity contribution >= 4 is 34.1 Å². The normalized spacial score (nSPS) is 17.2. The standard InChI is InChI=1S/C28H31ClFN5O4/c29-18-3-4-22-23(15-18)39-27-24(31-5-9-34-11-13-38-14-12-34)21(30)16-19-25(27)35(22)17-20(26(19)36)28(37)32-6-10-33-7-1-2-8-33/h3-4,15-17,31H,1-2,5-14H2,(H,32,37). The number of likely N-dealkylation sites (tertiary alicyclic amines) is 1. The van der Waals surface area contributed by atoms with Gasteiger partial charge in [0.15, 0.2) is 17.3 Å². The number of ether oxygens (including phenoxy) is 2. The Labute approximate surface area is 230 Å². The summed E-state index contributed by atoms with van der Waals surface area (Å²) in [6.07, 6.45) is 3.84. The molecule has 6 rings (SSSR count). The highest BCUT2D eigenvalue weighted by Crippen LogP contribution is 2.45. The van der Waals surface area contributed by atoms with Gasteiger partial charge in [0.1, 0.15) is 16.8 Å². The van der Waals surface area contributed by atoms with Gasteiger partial charge in [0.25, 0.3) is 5.91 Å². The zero-order valence-corrected chi connectivity index (χ0v) is 22.4. The maximum atomic E-state index is 15.6. The number of carbonyl (C=O) groups is 1. The number of rotatable bonds is 8. The van der Waals surface area contributed by atoms with Crippen LogP contribution in [-0.4, -0.2) is 85.8 Å². The Morgan fingerprint density at radius 1 is 1.03 bits per heavy atom. The minimum Gasteiger partial charge on any atom is -0.451 e. The lowest BCUT2D eigenvalue weighted by molar-refractivity contribution is 0.0398. The van der Waals surface area contributed by atoms with E-state index in [9.17, 15) is 9.59 Å². The Hall–Kier alpha value is -3.18. The minimum atomic E-state index is -0.625. The average Bonchev–Trinajstić information content (AvgIpc) is 3.45. The highest BCUT2D eigenvalue weighted by atomic mass is 35.5. The summed E-state index contributed by atoms with van der Waals surface area (Å²) in [5.41, 5.74) is 0.580. The van der Waals surface area contributed by atoms with Crippen LogP contribution < -0.4 is 20.8 Å². The molecule has 2 saturated heterocycles. The maximum absolute atomic E-state index is 15.6. The maximum Gasteiger partial charge on any atom is 0.256 e. The number of fused-ring (bicyclic) bond motifs is 2. The van der Waals surface area contributed by atoms with Crippen LogP contribution in [0.2, 0.25) is 5.02 Å². The molecule has 0 aliphatic carbocycles. The summed E-state index contributed by atoms with van der Waals surface area (Å²) in [4.78, 5) is 31.2. The monoisotopic (exact) mass is 555 g/mol. The topological polar surface area (TPSA) is 88.1 Å². The number of anilines is 1. The van der Waals surface area contributed by atoms with Crippen LogP contribution in [0.25, 0.3) is 16.6 Å². The van der Waals surface area contributed by atoms with Crippen LogP contribution in [0.4, 0.5) is 10.1 Å². The molecule has 39 heavy (non-hydrogen) atoms. The number of nitrogens with one attached hydrogen (secondary N) is 2. The van der Waals surface area contributed by atoms with Gasteiger partial charge in [0, 0.05) is 56.6 Å². The van der Waals surface area contributed by atoms with Crippen molar-refractivity contribution in [2.45, 2.75) is 12.8 Å². The van der Waals surface area contributed by atoms with Gasteiger partial charge in [-0.1, -0.05) is 11.6 Å². The number of amides is 1. The largest absolute Gasteiger partial charge is 0.451 e. The first kappa shape index (κ1) is 26.1. The summed E-state index contributed by atoms with van der Waals surface area (Å²) < 4.78 is 28.9. The Morgan fingerprint density at radius 3 is 2.56 bits per heavy atom. The van der Waals surface area contributed by atoms with Crippen molar-refractivity contribution in [3.63, 3.8) is 0 Å². The van der Waals surface area contributed by atoms with Gasteiger partial charge in [-0.25, -0.2) is 4.39 Å². The number of aromatic nitrogens is 1. The zero-order valence-electron chi connectivity index (χ0n) is 21.6. The first-order chi connectivity index (χ1) is 19.0. The molecule has 0 radical (unpaired) electrons. The summed E-state index contributed by atoms with van der Waals surface area (Å²) >= 11 is 6.25. The van der Waals surface area contributed by atoms with Gasteiger partial charge in [-0.3, -0.25) is 14.5 Å². The van der Waals surface area contributed by atoms with Gasteiger partial charge in [-0.15, -0.1) is 0 Å². The van der Waals surface area contributed by atoms with Crippen molar-refractivity contribution in [3.8, 4) is 17.2 Å². The third-order valence-electron chi connectivity index (χ3n) is 7.58. The van der Waals surface area contributed by atoms with Crippen molar-refractivity contribution in [3.05, 3.63) is 57.1 Å². The molecule has 0 saturated carbocycles. The molecule has 4 heterocycles. The van der Waals surface area contributed by atoms with E-state index in [1.54, 1.807) is 22.8 Å². The van der Waals surface area contributed by atoms with E-state index in [0.29, 0.717) is 54.8 Å². The molecule has 11 heteroatoms. The SMILES string of the molecule is O=C(NCCN1CCCC1)c1cn2c3c(c(NCCN4CCOCC4)c(F)cc3c1=O)Oc1cc(Cl)ccc1-2. The molecule has 2 N–H and O–H groups in total. The molecular formula is C28H31ClFN5O4. The highest BCUT2D eigenvalue weighted by molar-refractivity contribution is 6.30. The van der Waals surface area contributed by atoms with E-state index >= 15 is 4.39 Å². The van der Waals surface area contributed by atoms with Gasteiger partial charge in [-0.2, -0.15) is 0 Å². The fourth-order valence-corrected chi connectivity index (χ4v) is 5.68. The molecule has 0 spiro atoms. The van der Waals surface area contributed by atoms with Gasteiger partial charge >= 0.3 is 0 Å². The Balaban J connectivity index is 1.36. The quantitative estimate of drug-likeness (QED) is 0.344. The van der Waals surface area contributed by atoms with Crippen molar-refractivity contribution in [1.29, 1.82) is 0 Å². The molecule has 206 valence electrons. The Morgan fingerprint density at radius 2 is 1.77 bits per heavy atom. The molecule has 0 atom stereocenters. The summed E-state index contributed by atoms with van der Waals surface area (Å²) in [6, 6.07) is 6.30. The number of hydrogen-bond donors (Lipinski definition) is 2. The second kappa shape index (κ2) is 11.1. The predicted molar refractivity (Wildman–Crippen MR) is 148 cm³/mol. The van der Waals surface area contributed by atoms with E-state index in [-0.39, 0.29) is 22.4 Å². The van der Waals surface area contributed by atoms with E-state index in [0.717, 1.165) is 45.6 Å². The lowest BCUT2D eigenvalue weighted by Crippen LogP contribution is -2.39. The third-order valence-corrected chi connectivity index (χ3v) is 7.81. The second-order valence-corrected chi connectivity index (χ2v) is 10.5. The fraction of sp³-hybridized carbons (Fsp3) is 0.429. The predicted octanol–water partition coefficient (Wildman–Crippen LogP) is 3.46. The molecule has 9 nitrogen and oxygen atoms in total. The molecular weight excluding hydrogens is 525 g/mol. The summed E-state index contributed by atoms with van der Waals surface area (Å²) in [7, 11) is 0. The lowest BCUT2D eigenvalue weighted by Gasteiger charge is -2.28. The third kappa shape index (κ3) is 5.21. The lowest BCUT2D eigenvalue weighted by atomic mass is 10.1. The summed E-state index contributed by atoms with van der Waals surface area (Å²) in [6.45, 7) is 7.35. The molecule has 3 aliphatic heterocycles. The second-order valence-electron chi connectivity index (χ2n) is 10.1. The van der Waals surface area contributed by atoms with Gasteiger partial charge in [0.05, 0.1) is 24.3 Å². The number of benzene rings is 2. The number of morpholine rings is 1. The summed E-state index contributed by atoms with van der Waals surface area (Å²) in [5.74, 6) is -0.510. The average molecular weight is 556 g/mol. The molecule has 3 aromatic rings. The van der Waals surface area contributed by atoms with E-state index in [1.165, 1.54) is 12.3 Å². The van der Waals surface area contributed by atoms with Crippen LogP contribution in [-0.2, 0) is 4.74 Å². The minimum absolute atomic E-state index is 0.0508. The Kier molecular flexibility index (Phi) is 7.44. The van der Waals surface area contributed by atoms with E-state index < -0.39 is 17.2 Å². The van der Waals surface area contributed by atoms with Crippen molar-refractivity contribution in [2.75, 3.05) is 70.9 Å². The smallest absolute Gasteiger partial charge is 0.256 e. The van der Waals surface area contributed by atoms with E-state index in [1.807, 2.05) is 0 Å². The van der Waals surface area contributed by atoms with Crippen molar-refractivity contribution in [1.82, 2.24) is 19.7 Å². The van der Waals surface area contributed by atoms with Crippen LogP contribution in [0.5, 0.6) is 11.5 Å². The number of nitrogens with zero attached hydrogens (tertiary/aromatic N) is 3. The first-order valence-corrected chi connectivity index (χ1v) is 13.8. The number of hydrogen-bond acceptors (Lipinski definition) is 7. The molecule has 2 fully saturated rings. The summed E-state index contributed by atoms with van der Waals surface area (Å²) in [5, 5.41) is 6.57. The van der Waals surface area contributed by atoms with Crippen LogP contribution >= 0.6 is 11.6 Å². The Bertz CT molecular complexity index is 1470. The van der Waals surface area contributed by atoms with Crippen LogP contribution in [0.1, 0.15) is 23.2 Å². The van der Waals surface area contributed by atoms with Gasteiger partial charge in [-0.05, 0) is 44.1 Å².